The second-order valence-electron chi connectivity index (χ2n) is 3.59. The number of rotatable bonds is 2. The minimum absolute atomic E-state index is 0.428. The molecule has 0 unspecified atom stereocenters. The Morgan fingerprint density at radius 3 is 2.21 bits per heavy atom. The van der Waals surface area contributed by atoms with Crippen LogP contribution in [0.4, 0.5) is 0 Å². The van der Waals surface area contributed by atoms with Crippen molar-refractivity contribution in [1.29, 1.82) is 0 Å². The molecule has 1 nitrogen and oxygen atoms in total. The molecule has 0 fully saturated rings. The maximum Gasteiger partial charge on any atom is 0.118 e. The molecule has 0 saturated carbocycles. The first-order chi connectivity index (χ1) is 6.65. The summed E-state index contributed by atoms with van der Waals surface area (Å²) in [5.41, 5.74) is 2.28. The summed E-state index contributed by atoms with van der Waals surface area (Å²) in [5.74, 6) is 0.428. The van der Waals surface area contributed by atoms with Gasteiger partial charge in [-0.05, 0) is 25.0 Å². The highest BCUT2D eigenvalue weighted by Gasteiger charge is 1.98. The van der Waals surface area contributed by atoms with Crippen LogP contribution in [0, 0.1) is 6.92 Å². The Balaban J connectivity index is 0.000000500. The maximum atomic E-state index is 9.37. The molecule has 0 aliphatic carbocycles. The Morgan fingerprint density at radius 1 is 1.14 bits per heavy atom. The van der Waals surface area contributed by atoms with E-state index in [0.717, 1.165) is 18.4 Å². The van der Waals surface area contributed by atoms with Gasteiger partial charge in [-0.15, -0.1) is 0 Å². The summed E-state index contributed by atoms with van der Waals surface area (Å²) in [5, 5.41) is 9.37. The first-order valence-electron chi connectivity index (χ1n) is 5.44. The van der Waals surface area contributed by atoms with E-state index in [1.807, 2.05) is 19.1 Å². The monoisotopic (exact) mass is 194 g/mol. The lowest BCUT2D eigenvalue weighted by Gasteiger charge is -2.02. The fourth-order valence-electron chi connectivity index (χ4n) is 1.18. The summed E-state index contributed by atoms with van der Waals surface area (Å²) in [6.45, 7) is 8.40. The molecule has 0 aromatic heterocycles. The molecule has 1 N–H and O–H groups in total. The summed E-state index contributed by atoms with van der Waals surface area (Å²) in [6.07, 6.45) is 3.30. The minimum atomic E-state index is 0.428. The van der Waals surface area contributed by atoms with E-state index >= 15 is 0 Å². The number of aromatic hydroxyl groups is 1. The maximum absolute atomic E-state index is 9.37. The molecule has 0 radical (unpaired) electrons. The van der Waals surface area contributed by atoms with Crippen LogP contribution in [0.1, 0.15) is 44.7 Å². The van der Waals surface area contributed by atoms with Crippen LogP contribution in [-0.2, 0) is 6.42 Å². The summed E-state index contributed by atoms with van der Waals surface area (Å²) >= 11 is 0. The van der Waals surface area contributed by atoms with E-state index in [2.05, 4.69) is 20.8 Å². The van der Waals surface area contributed by atoms with Crippen LogP contribution in [0.15, 0.2) is 18.2 Å². The molecule has 0 atom stereocenters. The molecule has 0 saturated heterocycles. The molecule has 0 heterocycles. The minimum Gasteiger partial charge on any atom is -0.508 e. The van der Waals surface area contributed by atoms with Crippen molar-refractivity contribution in [3.05, 3.63) is 29.3 Å². The van der Waals surface area contributed by atoms with E-state index in [1.54, 1.807) is 6.07 Å². The van der Waals surface area contributed by atoms with Crippen LogP contribution in [-0.4, -0.2) is 5.11 Å². The van der Waals surface area contributed by atoms with Gasteiger partial charge in [0, 0.05) is 0 Å². The molecular weight excluding hydrogens is 172 g/mol. The van der Waals surface area contributed by atoms with Gasteiger partial charge in [0.05, 0.1) is 0 Å². The number of hydrogen-bond donors (Lipinski definition) is 1. The lowest BCUT2D eigenvalue weighted by molar-refractivity contribution is 0.467. The molecule has 14 heavy (non-hydrogen) atoms. The average molecular weight is 194 g/mol. The Labute approximate surface area is 87.8 Å². The van der Waals surface area contributed by atoms with E-state index in [4.69, 9.17) is 0 Å². The van der Waals surface area contributed by atoms with Gasteiger partial charge >= 0.3 is 0 Å². The molecule has 0 aliphatic heterocycles. The molecule has 0 bridgehead atoms. The molecule has 1 aromatic carbocycles. The van der Waals surface area contributed by atoms with E-state index in [1.165, 1.54) is 12.0 Å². The molecule has 0 aliphatic rings. The van der Waals surface area contributed by atoms with Crippen LogP contribution in [0.25, 0.3) is 0 Å². The topological polar surface area (TPSA) is 20.2 Å². The zero-order valence-electron chi connectivity index (χ0n) is 9.80. The second-order valence-corrected chi connectivity index (χ2v) is 3.59. The zero-order chi connectivity index (χ0) is 11.0. The molecule has 0 spiro atoms. The smallest absolute Gasteiger partial charge is 0.118 e. The molecule has 80 valence electrons. The van der Waals surface area contributed by atoms with Gasteiger partial charge in [-0.1, -0.05) is 51.3 Å². The van der Waals surface area contributed by atoms with Crippen molar-refractivity contribution in [3.63, 3.8) is 0 Å². The Bertz CT molecular complexity index is 253. The molecule has 1 aromatic rings. The van der Waals surface area contributed by atoms with Crippen LogP contribution < -0.4 is 0 Å². The standard InChI is InChI=1S/C10H14O.C3H8/c1-3-4-9-7-8(2)5-6-10(9)11;1-3-2/h5-7,11H,3-4H2,1-2H3;3H2,1-2H3. The highest BCUT2D eigenvalue weighted by atomic mass is 16.3. The van der Waals surface area contributed by atoms with E-state index in [9.17, 15) is 5.11 Å². The predicted molar refractivity (Wildman–Crippen MR) is 62.8 cm³/mol. The summed E-state index contributed by atoms with van der Waals surface area (Å²) in [4.78, 5) is 0. The van der Waals surface area contributed by atoms with Gasteiger partial charge in [0.15, 0.2) is 0 Å². The lowest BCUT2D eigenvalue weighted by atomic mass is 10.1. The van der Waals surface area contributed by atoms with Crippen molar-refractivity contribution in [2.75, 3.05) is 0 Å². The second kappa shape index (κ2) is 7.43. The van der Waals surface area contributed by atoms with Crippen molar-refractivity contribution in [3.8, 4) is 5.75 Å². The Kier molecular flexibility index (Phi) is 6.91. The normalized spacial score (nSPS) is 9.14. The molecular formula is C13H22O. The number of phenols is 1. The van der Waals surface area contributed by atoms with E-state index in [0.29, 0.717) is 5.75 Å². The highest BCUT2D eigenvalue weighted by Crippen LogP contribution is 2.19. The summed E-state index contributed by atoms with van der Waals surface area (Å²) < 4.78 is 0. The van der Waals surface area contributed by atoms with Gasteiger partial charge < -0.3 is 5.11 Å². The SMILES string of the molecule is CCC.CCCc1cc(C)ccc1O. The number of hydrogen-bond acceptors (Lipinski definition) is 1. The third-order valence-electron chi connectivity index (χ3n) is 1.75. The van der Waals surface area contributed by atoms with E-state index in [-0.39, 0.29) is 0 Å². The number of benzene rings is 1. The first-order valence-corrected chi connectivity index (χ1v) is 5.44. The van der Waals surface area contributed by atoms with Crippen molar-refractivity contribution in [1.82, 2.24) is 0 Å². The van der Waals surface area contributed by atoms with Crippen molar-refractivity contribution < 1.29 is 5.11 Å². The van der Waals surface area contributed by atoms with Crippen molar-refractivity contribution >= 4 is 0 Å². The predicted octanol–water partition coefficient (Wildman–Crippen LogP) is 4.07. The zero-order valence-corrected chi connectivity index (χ0v) is 9.80. The molecule has 1 rings (SSSR count). The fourth-order valence-corrected chi connectivity index (χ4v) is 1.18. The van der Waals surface area contributed by atoms with Gasteiger partial charge in [-0.3, -0.25) is 0 Å². The van der Waals surface area contributed by atoms with Gasteiger partial charge in [-0.2, -0.15) is 0 Å². The Hall–Kier alpha value is -0.980. The lowest BCUT2D eigenvalue weighted by Crippen LogP contribution is -1.84. The Morgan fingerprint density at radius 2 is 1.71 bits per heavy atom. The average Bonchev–Trinajstić information content (AvgIpc) is 2.13. The largest absolute Gasteiger partial charge is 0.508 e. The van der Waals surface area contributed by atoms with Gasteiger partial charge in [0.25, 0.3) is 0 Å². The van der Waals surface area contributed by atoms with Gasteiger partial charge in [-0.25, -0.2) is 0 Å². The van der Waals surface area contributed by atoms with Gasteiger partial charge in [0.1, 0.15) is 5.75 Å². The van der Waals surface area contributed by atoms with Crippen LogP contribution in [0.2, 0.25) is 0 Å². The van der Waals surface area contributed by atoms with Crippen LogP contribution in [0.5, 0.6) is 5.75 Å². The molecule has 1 heteroatoms. The number of aryl methyl sites for hydroxylation is 2. The van der Waals surface area contributed by atoms with E-state index < -0.39 is 0 Å². The summed E-state index contributed by atoms with van der Waals surface area (Å²) in [6, 6.07) is 5.73. The van der Waals surface area contributed by atoms with Crippen molar-refractivity contribution in [2.45, 2.75) is 47.0 Å². The summed E-state index contributed by atoms with van der Waals surface area (Å²) in [7, 11) is 0. The molecule has 0 amide bonds. The van der Waals surface area contributed by atoms with Gasteiger partial charge in [0.2, 0.25) is 0 Å². The number of phenolic OH excluding ortho intramolecular Hbond substituents is 1. The third kappa shape index (κ3) is 4.90. The highest BCUT2D eigenvalue weighted by molar-refractivity contribution is 5.35. The first kappa shape index (κ1) is 13.0. The fraction of sp³-hybridized carbons (Fsp3) is 0.538. The van der Waals surface area contributed by atoms with Crippen molar-refractivity contribution in [2.24, 2.45) is 0 Å². The third-order valence-corrected chi connectivity index (χ3v) is 1.75. The van der Waals surface area contributed by atoms with Crippen LogP contribution >= 0.6 is 0 Å². The van der Waals surface area contributed by atoms with Crippen LogP contribution in [0.3, 0.4) is 0 Å². The quantitative estimate of drug-likeness (QED) is 0.752.